The van der Waals surface area contributed by atoms with Gasteiger partial charge in [0.1, 0.15) is 5.75 Å². The molecule has 2 aromatic rings. The van der Waals surface area contributed by atoms with Gasteiger partial charge >= 0.3 is 0 Å². The van der Waals surface area contributed by atoms with Gasteiger partial charge in [0.05, 0.1) is 17.8 Å². The molecular weight excluding hydrogens is 282 g/mol. The number of rotatable bonds is 1. The SMILES string of the molecule is Oc1cc2cccc(Br)c2nc1C1CCOC1. The van der Waals surface area contributed by atoms with Crippen molar-refractivity contribution in [1.82, 2.24) is 4.98 Å². The predicted octanol–water partition coefficient (Wildman–Crippen LogP) is 3.21. The zero-order chi connectivity index (χ0) is 11.8. The number of aromatic nitrogens is 1. The Kier molecular flexibility index (Phi) is 2.76. The minimum absolute atomic E-state index is 0.214. The van der Waals surface area contributed by atoms with Gasteiger partial charge in [-0.05, 0) is 34.5 Å². The van der Waals surface area contributed by atoms with Gasteiger partial charge < -0.3 is 9.84 Å². The van der Waals surface area contributed by atoms with E-state index in [1.54, 1.807) is 6.07 Å². The van der Waals surface area contributed by atoms with E-state index in [0.29, 0.717) is 6.61 Å². The molecule has 0 radical (unpaired) electrons. The van der Waals surface area contributed by atoms with Gasteiger partial charge in [0.25, 0.3) is 0 Å². The molecular formula is C13H12BrNO2. The summed E-state index contributed by atoms with van der Waals surface area (Å²) in [6, 6.07) is 7.62. The molecule has 88 valence electrons. The van der Waals surface area contributed by atoms with Gasteiger partial charge in [-0.1, -0.05) is 12.1 Å². The molecule has 2 heterocycles. The maximum atomic E-state index is 10.0. The lowest BCUT2D eigenvalue weighted by molar-refractivity contribution is 0.193. The topological polar surface area (TPSA) is 42.4 Å². The third-order valence-electron chi connectivity index (χ3n) is 3.12. The first-order valence-electron chi connectivity index (χ1n) is 5.61. The molecule has 1 aliphatic rings. The monoisotopic (exact) mass is 293 g/mol. The molecule has 17 heavy (non-hydrogen) atoms. The standard InChI is InChI=1S/C13H12BrNO2/c14-10-3-1-2-8-6-11(16)13(15-12(8)10)9-4-5-17-7-9/h1-3,6,9,16H,4-5,7H2. The summed E-state index contributed by atoms with van der Waals surface area (Å²) in [5.74, 6) is 0.484. The van der Waals surface area contributed by atoms with Gasteiger partial charge in [-0.15, -0.1) is 0 Å². The maximum absolute atomic E-state index is 10.0. The highest BCUT2D eigenvalue weighted by Crippen LogP contribution is 2.34. The van der Waals surface area contributed by atoms with Gasteiger partial charge in [0.15, 0.2) is 0 Å². The van der Waals surface area contributed by atoms with Crippen molar-refractivity contribution in [3.8, 4) is 5.75 Å². The fourth-order valence-corrected chi connectivity index (χ4v) is 2.69. The predicted molar refractivity (Wildman–Crippen MR) is 69.3 cm³/mol. The molecule has 0 aliphatic carbocycles. The quantitative estimate of drug-likeness (QED) is 0.878. The Morgan fingerprint density at radius 1 is 1.41 bits per heavy atom. The molecule has 1 atom stereocenters. The lowest BCUT2D eigenvalue weighted by Gasteiger charge is -2.11. The molecule has 0 amide bonds. The first kappa shape index (κ1) is 11.0. The van der Waals surface area contributed by atoms with Crippen molar-refractivity contribution in [3.63, 3.8) is 0 Å². The minimum Gasteiger partial charge on any atom is -0.506 e. The van der Waals surface area contributed by atoms with Crippen molar-refractivity contribution < 1.29 is 9.84 Å². The van der Waals surface area contributed by atoms with Crippen molar-refractivity contribution in [1.29, 1.82) is 0 Å². The zero-order valence-corrected chi connectivity index (χ0v) is 10.8. The number of ether oxygens (including phenoxy) is 1. The largest absolute Gasteiger partial charge is 0.506 e. The number of hydrogen-bond acceptors (Lipinski definition) is 3. The van der Waals surface area contributed by atoms with Crippen LogP contribution in [0.4, 0.5) is 0 Å². The Labute approximate surface area is 108 Å². The molecule has 1 aromatic heterocycles. The Bertz CT molecular complexity index is 565. The second-order valence-corrected chi connectivity index (χ2v) is 5.12. The van der Waals surface area contributed by atoms with Gasteiger partial charge in [-0.3, -0.25) is 0 Å². The molecule has 0 spiro atoms. The third kappa shape index (κ3) is 1.91. The number of benzene rings is 1. The molecule has 0 bridgehead atoms. The number of halogens is 1. The fourth-order valence-electron chi connectivity index (χ4n) is 2.22. The van der Waals surface area contributed by atoms with Crippen LogP contribution in [-0.4, -0.2) is 23.3 Å². The number of nitrogens with zero attached hydrogens (tertiary/aromatic N) is 1. The molecule has 0 saturated carbocycles. The van der Waals surface area contributed by atoms with Crippen LogP contribution in [0.2, 0.25) is 0 Å². The Balaban J connectivity index is 2.18. The fraction of sp³-hybridized carbons (Fsp3) is 0.308. The highest BCUT2D eigenvalue weighted by molar-refractivity contribution is 9.10. The summed E-state index contributed by atoms with van der Waals surface area (Å²) >= 11 is 3.49. The normalized spacial score (nSPS) is 19.9. The Hall–Kier alpha value is -1.13. The van der Waals surface area contributed by atoms with E-state index in [1.165, 1.54) is 0 Å². The Morgan fingerprint density at radius 2 is 2.29 bits per heavy atom. The summed E-state index contributed by atoms with van der Waals surface area (Å²) in [4.78, 5) is 4.58. The molecule has 1 N–H and O–H groups in total. The zero-order valence-electron chi connectivity index (χ0n) is 9.19. The van der Waals surface area contributed by atoms with Gasteiger partial charge in [0.2, 0.25) is 0 Å². The number of fused-ring (bicyclic) bond motifs is 1. The van der Waals surface area contributed by atoms with E-state index in [2.05, 4.69) is 20.9 Å². The summed E-state index contributed by atoms with van der Waals surface area (Å²) < 4.78 is 6.30. The molecule has 3 rings (SSSR count). The summed E-state index contributed by atoms with van der Waals surface area (Å²) in [5, 5.41) is 11.0. The van der Waals surface area contributed by atoms with Gasteiger partial charge in [-0.25, -0.2) is 4.98 Å². The second-order valence-electron chi connectivity index (χ2n) is 4.26. The van der Waals surface area contributed by atoms with Crippen LogP contribution in [0.15, 0.2) is 28.7 Å². The van der Waals surface area contributed by atoms with Crippen LogP contribution in [0.3, 0.4) is 0 Å². The average molecular weight is 294 g/mol. The summed E-state index contributed by atoms with van der Waals surface area (Å²) in [6.07, 6.45) is 0.927. The van der Waals surface area contributed by atoms with E-state index >= 15 is 0 Å². The molecule has 1 unspecified atom stereocenters. The van der Waals surface area contributed by atoms with Crippen LogP contribution in [0.5, 0.6) is 5.75 Å². The van der Waals surface area contributed by atoms with Crippen molar-refractivity contribution in [2.24, 2.45) is 0 Å². The van der Waals surface area contributed by atoms with Crippen LogP contribution in [-0.2, 0) is 4.74 Å². The second kappa shape index (κ2) is 4.27. The molecule has 1 fully saturated rings. The molecule has 1 aromatic carbocycles. The van der Waals surface area contributed by atoms with Crippen LogP contribution in [0, 0.1) is 0 Å². The minimum atomic E-state index is 0.214. The molecule has 1 aliphatic heterocycles. The van der Waals surface area contributed by atoms with Crippen molar-refractivity contribution >= 4 is 26.8 Å². The van der Waals surface area contributed by atoms with E-state index in [9.17, 15) is 5.11 Å². The lowest BCUT2D eigenvalue weighted by Crippen LogP contribution is -2.01. The maximum Gasteiger partial charge on any atom is 0.138 e. The van der Waals surface area contributed by atoms with Crippen LogP contribution in [0.1, 0.15) is 18.0 Å². The van der Waals surface area contributed by atoms with E-state index in [-0.39, 0.29) is 11.7 Å². The first-order chi connectivity index (χ1) is 8.25. The average Bonchev–Trinajstić information content (AvgIpc) is 2.82. The van der Waals surface area contributed by atoms with Gasteiger partial charge in [-0.2, -0.15) is 0 Å². The first-order valence-corrected chi connectivity index (χ1v) is 6.41. The molecule has 1 saturated heterocycles. The number of para-hydroxylation sites is 1. The number of pyridine rings is 1. The number of hydrogen-bond donors (Lipinski definition) is 1. The van der Waals surface area contributed by atoms with E-state index in [4.69, 9.17) is 4.74 Å². The van der Waals surface area contributed by atoms with Crippen LogP contribution >= 0.6 is 15.9 Å². The van der Waals surface area contributed by atoms with E-state index < -0.39 is 0 Å². The Morgan fingerprint density at radius 3 is 3.06 bits per heavy atom. The molecule has 4 heteroatoms. The smallest absolute Gasteiger partial charge is 0.138 e. The van der Waals surface area contributed by atoms with E-state index in [1.807, 2.05) is 18.2 Å². The highest BCUT2D eigenvalue weighted by atomic mass is 79.9. The van der Waals surface area contributed by atoms with Crippen molar-refractivity contribution in [2.75, 3.05) is 13.2 Å². The van der Waals surface area contributed by atoms with Crippen LogP contribution < -0.4 is 0 Å². The van der Waals surface area contributed by atoms with E-state index in [0.717, 1.165) is 34.1 Å². The van der Waals surface area contributed by atoms with Crippen molar-refractivity contribution in [2.45, 2.75) is 12.3 Å². The number of aromatic hydroxyl groups is 1. The molecule has 3 nitrogen and oxygen atoms in total. The van der Waals surface area contributed by atoms with Crippen molar-refractivity contribution in [3.05, 3.63) is 34.4 Å². The van der Waals surface area contributed by atoms with Crippen LogP contribution in [0.25, 0.3) is 10.9 Å². The summed E-state index contributed by atoms with van der Waals surface area (Å²) in [5.41, 5.74) is 1.65. The summed E-state index contributed by atoms with van der Waals surface area (Å²) in [6.45, 7) is 1.40. The lowest BCUT2D eigenvalue weighted by atomic mass is 10.0. The summed E-state index contributed by atoms with van der Waals surface area (Å²) in [7, 11) is 0. The third-order valence-corrected chi connectivity index (χ3v) is 3.76. The highest BCUT2D eigenvalue weighted by Gasteiger charge is 2.22. The van der Waals surface area contributed by atoms with Gasteiger partial charge in [0, 0.05) is 22.4 Å².